The first-order chi connectivity index (χ1) is 20.4. The van der Waals surface area contributed by atoms with E-state index in [1.165, 1.54) is 13.3 Å². The maximum absolute atomic E-state index is 16.0. The number of pyridine rings is 1. The van der Waals surface area contributed by atoms with Crippen molar-refractivity contribution in [3.8, 4) is 11.5 Å². The topological polar surface area (TPSA) is 122 Å². The second-order valence-corrected chi connectivity index (χ2v) is 13.2. The summed E-state index contributed by atoms with van der Waals surface area (Å²) in [6, 6.07) is 9.67. The summed E-state index contributed by atoms with van der Waals surface area (Å²) in [5, 5.41) is 18.7. The van der Waals surface area contributed by atoms with Crippen molar-refractivity contribution >= 4 is 50.7 Å². The van der Waals surface area contributed by atoms with Crippen molar-refractivity contribution < 1.29 is 28.6 Å². The van der Waals surface area contributed by atoms with Gasteiger partial charge in [-0.3, -0.25) is 14.6 Å². The maximum atomic E-state index is 16.0. The molecule has 0 unspecified atom stereocenters. The van der Waals surface area contributed by atoms with E-state index >= 15 is 4.39 Å². The Bertz CT molecular complexity index is 1570. The Balaban J connectivity index is 1.66. The molecule has 3 heterocycles. The molecule has 43 heavy (non-hydrogen) atoms. The molecule has 0 aliphatic carbocycles. The van der Waals surface area contributed by atoms with Crippen LogP contribution in [0.2, 0.25) is 5.02 Å². The number of benzene rings is 2. The van der Waals surface area contributed by atoms with Crippen LogP contribution in [0.15, 0.2) is 53.1 Å². The highest BCUT2D eigenvalue weighted by Crippen LogP contribution is 2.56. The fourth-order valence-electron chi connectivity index (χ4n) is 6.22. The number of halogens is 3. The number of hydrogen-bond donors (Lipinski definition) is 4. The molecule has 2 aromatic carbocycles. The van der Waals surface area contributed by atoms with Gasteiger partial charge in [0.25, 0.3) is 0 Å². The molecule has 2 aliphatic heterocycles. The van der Waals surface area contributed by atoms with Gasteiger partial charge in [-0.2, -0.15) is 0 Å². The molecule has 12 heteroatoms. The summed E-state index contributed by atoms with van der Waals surface area (Å²) in [6.45, 7) is 6.06. The highest BCUT2D eigenvalue weighted by Gasteiger charge is 2.67. The monoisotopic (exact) mass is 674 g/mol. The van der Waals surface area contributed by atoms with Gasteiger partial charge in [-0.15, -0.1) is 0 Å². The Labute approximate surface area is 262 Å². The highest BCUT2D eigenvalue weighted by molar-refractivity contribution is 9.10. The summed E-state index contributed by atoms with van der Waals surface area (Å²) in [5.74, 6) is -1.66. The van der Waals surface area contributed by atoms with E-state index in [4.69, 9.17) is 26.2 Å². The molecule has 0 saturated carbocycles. The highest BCUT2D eigenvalue weighted by atomic mass is 79.9. The fourth-order valence-corrected chi connectivity index (χ4v) is 6.76. The molecule has 0 bridgehead atoms. The van der Waals surface area contributed by atoms with Gasteiger partial charge in [0.2, 0.25) is 11.8 Å². The van der Waals surface area contributed by atoms with Crippen molar-refractivity contribution in [3.05, 3.63) is 75.2 Å². The summed E-state index contributed by atoms with van der Waals surface area (Å²) < 4.78 is 27.2. The lowest BCUT2D eigenvalue weighted by Gasteiger charge is -2.37. The summed E-state index contributed by atoms with van der Waals surface area (Å²) in [6.07, 6.45) is 1.93. The lowest BCUT2D eigenvalue weighted by molar-refractivity contribution is -0.122. The van der Waals surface area contributed by atoms with Gasteiger partial charge in [0.1, 0.15) is 29.3 Å². The lowest BCUT2D eigenvalue weighted by atomic mass is 9.64. The number of methoxy groups -OCH3 is 1. The van der Waals surface area contributed by atoms with Crippen LogP contribution in [0.5, 0.6) is 11.5 Å². The first-order valence-corrected chi connectivity index (χ1v) is 15.0. The van der Waals surface area contributed by atoms with Gasteiger partial charge in [0.15, 0.2) is 0 Å². The summed E-state index contributed by atoms with van der Waals surface area (Å²) in [4.78, 5) is 33.1. The number of ether oxygens (including phenoxy) is 2. The number of aromatic nitrogens is 1. The number of aliphatic hydroxyl groups excluding tert-OH is 1. The quantitative estimate of drug-likeness (QED) is 0.252. The first-order valence-electron chi connectivity index (χ1n) is 13.8. The average Bonchev–Trinajstić information content (AvgIpc) is 3.42. The molecule has 2 amide bonds. The van der Waals surface area contributed by atoms with E-state index in [-0.39, 0.29) is 34.6 Å². The Kier molecular flexibility index (Phi) is 8.72. The minimum Gasteiger partial charge on any atom is -0.494 e. The third kappa shape index (κ3) is 5.71. The molecule has 228 valence electrons. The number of carbonyl (C=O) groups is 2. The zero-order valence-electron chi connectivity index (χ0n) is 24.1. The number of hydrogen-bond acceptors (Lipinski definition) is 7. The third-order valence-electron chi connectivity index (χ3n) is 7.83. The molecule has 9 nitrogen and oxygen atoms in total. The number of anilines is 2. The fraction of sp³-hybridized carbons (Fsp3) is 0.387. The van der Waals surface area contributed by atoms with Crippen LogP contribution in [0.25, 0.3) is 0 Å². The number of nitrogens with one attached hydrogen (secondary N) is 3. The van der Waals surface area contributed by atoms with Gasteiger partial charge >= 0.3 is 0 Å². The van der Waals surface area contributed by atoms with Gasteiger partial charge in [-0.25, -0.2) is 4.39 Å². The molecule has 1 saturated heterocycles. The SMILES string of the molecule is COc1cc(OCCO)ccc1NC(=O)[C@@H]1N[C@@H](CC(C)(C)C)[C@@]2(C(=O)Nc3cc(Cl)cnc32)[C@H]1c1cccc(Br)c1F. The van der Waals surface area contributed by atoms with Gasteiger partial charge in [-0.05, 0) is 57.6 Å². The zero-order chi connectivity index (χ0) is 31.1. The molecule has 4 atom stereocenters. The Morgan fingerprint density at radius 2 is 2.02 bits per heavy atom. The summed E-state index contributed by atoms with van der Waals surface area (Å²) >= 11 is 9.54. The third-order valence-corrected chi connectivity index (χ3v) is 8.65. The molecular formula is C31H33BrClFN4O5. The number of amides is 2. The predicted molar refractivity (Wildman–Crippen MR) is 165 cm³/mol. The van der Waals surface area contributed by atoms with Crippen LogP contribution in [0.4, 0.5) is 15.8 Å². The van der Waals surface area contributed by atoms with E-state index in [1.54, 1.807) is 42.5 Å². The molecule has 4 N–H and O–H groups in total. The minimum atomic E-state index is -1.44. The summed E-state index contributed by atoms with van der Waals surface area (Å²) in [7, 11) is 1.46. The molecule has 2 aliphatic rings. The molecule has 1 aromatic heterocycles. The molecular weight excluding hydrogens is 643 g/mol. The zero-order valence-corrected chi connectivity index (χ0v) is 26.5. The molecule has 0 radical (unpaired) electrons. The lowest BCUT2D eigenvalue weighted by Crippen LogP contribution is -2.50. The van der Waals surface area contributed by atoms with Crippen molar-refractivity contribution in [2.24, 2.45) is 5.41 Å². The molecule has 1 spiro atoms. The number of carbonyl (C=O) groups excluding carboxylic acids is 2. The standard InChI is InChI=1S/C31H33BrClFN4O5/c1-30(2,3)14-23-31(27-21(37-29(31)41)12-16(33)15-35-27)24(18-6-5-7-19(32)25(18)34)26(38-23)28(40)36-20-9-8-17(43-11-10-39)13-22(20)42-4/h5-9,12-13,15,23-24,26,38-39H,10-11,14H2,1-4H3,(H,36,40)(H,37,41)/t23-,24-,26+,31+/m0/s1. The minimum absolute atomic E-state index is 0.0980. The van der Waals surface area contributed by atoms with Crippen molar-refractivity contribution in [3.63, 3.8) is 0 Å². The molecule has 5 rings (SSSR count). The predicted octanol–water partition coefficient (Wildman–Crippen LogP) is 5.41. The Hall–Kier alpha value is -3.25. The van der Waals surface area contributed by atoms with E-state index in [1.807, 2.05) is 20.8 Å². The van der Waals surface area contributed by atoms with Crippen molar-refractivity contribution in [1.29, 1.82) is 0 Å². The van der Waals surface area contributed by atoms with E-state index in [2.05, 4.69) is 36.9 Å². The average molecular weight is 676 g/mol. The van der Waals surface area contributed by atoms with Gasteiger partial charge in [-0.1, -0.05) is 44.5 Å². The Morgan fingerprint density at radius 1 is 1.26 bits per heavy atom. The van der Waals surface area contributed by atoms with Crippen LogP contribution in [0, 0.1) is 11.2 Å². The molecule has 3 aromatic rings. The summed E-state index contributed by atoms with van der Waals surface area (Å²) in [5.41, 5.74) is -0.333. The number of aliphatic hydroxyl groups is 1. The van der Waals surface area contributed by atoms with E-state index in [0.29, 0.717) is 40.0 Å². The number of rotatable bonds is 8. The van der Waals surface area contributed by atoms with Gasteiger partial charge < -0.3 is 30.5 Å². The van der Waals surface area contributed by atoms with Crippen molar-refractivity contribution in [2.75, 3.05) is 31.0 Å². The van der Waals surface area contributed by atoms with Gasteiger partial charge in [0.05, 0.1) is 46.3 Å². The van der Waals surface area contributed by atoms with E-state index in [9.17, 15) is 9.59 Å². The Morgan fingerprint density at radius 3 is 2.72 bits per heavy atom. The first kappa shape index (κ1) is 31.2. The van der Waals surface area contributed by atoms with Crippen molar-refractivity contribution in [1.82, 2.24) is 10.3 Å². The van der Waals surface area contributed by atoms with Crippen LogP contribution < -0.4 is 25.4 Å². The van der Waals surface area contributed by atoms with Crippen LogP contribution in [-0.2, 0) is 15.0 Å². The van der Waals surface area contributed by atoms with Crippen LogP contribution in [-0.4, -0.2) is 54.3 Å². The molecule has 1 fully saturated rings. The largest absolute Gasteiger partial charge is 0.494 e. The van der Waals surface area contributed by atoms with E-state index in [0.717, 1.165) is 0 Å². The van der Waals surface area contributed by atoms with Crippen LogP contribution in [0.1, 0.15) is 44.4 Å². The van der Waals surface area contributed by atoms with E-state index < -0.39 is 35.1 Å². The second kappa shape index (κ2) is 12.0. The second-order valence-electron chi connectivity index (χ2n) is 11.9. The smallest absolute Gasteiger partial charge is 0.242 e. The van der Waals surface area contributed by atoms with Crippen molar-refractivity contribution in [2.45, 2.75) is 50.6 Å². The normalized spacial score (nSPS) is 22.8. The number of fused-ring (bicyclic) bond motifs is 2. The maximum Gasteiger partial charge on any atom is 0.242 e. The van der Waals surface area contributed by atoms with Crippen LogP contribution in [0.3, 0.4) is 0 Å². The van der Waals surface area contributed by atoms with Crippen LogP contribution >= 0.6 is 27.5 Å². The number of nitrogens with zero attached hydrogens (tertiary/aromatic N) is 1. The van der Waals surface area contributed by atoms with Gasteiger partial charge in [0, 0.05) is 24.2 Å².